The summed E-state index contributed by atoms with van der Waals surface area (Å²) in [7, 11) is 0. The van der Waals surface area contributed by atoms with Gasteiger partial charge in [-0.2, -0.15) is 0 Å². The van der Waals surface area contributed by atoms with E-state index < -0.39 is 18.5 Å². The zero-order chi connectivity index (χ0) is 27.6. The number of aromatic nitrogens is 3. The first-order chi connectivity index (χ1) is 19.5. The molecular weight excluding hydrogens is 506 g/mol. The highest BCUT2D eigenvalue weighted by Gasteiger charge is 2.43. The Kier molecular flexibility index (Phi) is 7.38. The number of furan rings is 1. The lowest BCUT2D eigenvalue weighted by atomic mass is 9.89. The summed E-state index contributed by atoms with van der Waals surface area (Å²) in [6.45, 7) is 3.87. The van der Waals surface area contributed by atoms with Crippen LogP contribution in [-0.2, 0) is 17.6 Å². The van der Waals surface area contributed by atoms with E-state index in [-0.39, 0.29) is 12.0 Å². The third kappa shape index (κ3) is 5.13. The minimum Gasteiger partial charge on any atom is -0.469 e. The molecule has 2 aromatic carbocycles. The van der Waals surface area contributed by atoms with Crippen molar-refractivity contribution in [2.75, 3.05) is 0 Å². The molecule has 5 aromatic rings. The zero-order valence-electron chi connectivity index (χ0n) is 22.6. The number of rotatable bonds is 8. The van der Waals surface area contributed by atoms with Crippen LogP contribution < -0.4 is 4.74 Å². The molecule has 206 valence electrons. The van der Waals surface area contributed by atoms with Crippen molar-refractivity contribution in [3.8, 4) is 17.1 Å². The molecule has 6 rings (SSSR count). The maximum Gasteiger partial charge on any atom is 0.230 e. The number of hydrogen-bond acceptors (Lipinski definition) is 7. The van der Waals surface area contributed by atoms with Crippen molar-refractivity contribution in [1.82, 2.24) is 14.4 Å². The van der Waals surface area contributed by atoms with Crippen molar-refractivity contribution >= 4 is 5.65 Å². The first-order valence-electron chi connectivity index (χ1n) is 13.7. The van der Waals surface area contributed by atoms with Gasteiger partial charge >= 0.3 is 0 Å². The molecule has 1 aliphatic rings. The summed E-state index contributed by atoms with van der Waals surface area (Å²) in [6.07, 6.45) is 1.61. The maximum absolute atomic E-state index is 11.0. The molecule has 5 atom stereocenters. The van der Waals surface area contributed by atoms with Crippen LogP contribution in [0.5, 0.6) is 5.88 Å². The minimum absolute atomic E-state index is 0.226. The molecule has 0 bridgehead atoms. The number of benzene rings is 2. The summed E-state index contributed by atoms with van der Waals surface area (Å²) in [6, 6.07) is 23.8. The Morgan fingerprint density at radius 3 is 2.33 bits per heavy atom. The van der Waals surface area contributed by atoms with Gasteiger partial charge in [0.05, 0.1) is 36.3 Å². The molecule has 3 aromatic heterocycles. The molecule has 8 nitrogen and oxygen atoms in total. The predicted octanol–water partition coefficient (Wildman–Crippen LogP) is 5.04. The van der Waals surface area contributed by atoms with E-state index in [2.05, 4.69) is 12.1 Å². The molecular formula is C32H33N3O5. The van der Waals surface area contributed by atoms with Crippen molar-refractivity contribution in [2.45, 2.75) is 57.7 Å². The fourth-order valence-corrected chi connectivity index (χ4v) is 5.35. The third-order valence-corrected chi connectivity index (χ3v) is 7.60. The van der Waals surface area contributed by atoms with Gasteiger partial charge in [-0.25, -0.2) is 9.97 Å². The molecule has 4 heterocycles. The summed E-state index contributed by atoms with van der Waals surface area (Å²) in [4.78, 5) is 10.0. The Hall–Kier alpha value is -3.98. The molecule has 1 saturated heterocycles. The number of hydrogen-bond donors (Lipinski definition) is 2. The molecule has 0 radical (unpaired) electrons. The summed E-state index contributed by atoms with van der Waals surface area (Å²) < 4.78 is 20.1. The topological polar surface area (TPSA) is 102 Å². The predicted molar refractivity (Wildman–Crippen MR) is 150 cm³/mol. The standard InChI is InChI=1S/C32H33N3O5/c1-3-27-20(2)28(36)29(37)32(39-27)40-31-25(18-23-15-10-16-38-23)34-30-24(17-21-11-6-4-7-12-21)33-26(19-35(30)31)22-13-8-5-9-14-22/h4-16,19-20,27-29,32,36-37H,3,17-18H2,1-2H3. The third-order valence-electron chi connectivity index (χ3n) is 7.60. The lowest BCUT2D eigenvalue weighted by molar-refractivity contribution is -0.256. The molecule has 5 unspecified atom stereocenters. The molecule has 0 amide bonds. The summed E-state index contributed by atoms with van der Waals surface area (Å²) in [5, 5.41) is 21.7. The van der Waals surface area contributed by atoms with E-state index in [1.165, 1.54) is 0 Å². The van der Waals surface area contributed by atoms with Gasteiger partial charge in [0.2, 0.25) is 12.2 Å². The van der Waals surface area contributed by atoms with Gasteiger partial charge in [0.1, 0.15) is 17.6 Å². The molecule has 0 aliphatic carbocycles. The second-order valence-corrected chi connectivity index (χ2v) is 10.3. The normalized spacial score (nSPS) is 22.9. The summed E-state index contributed by atoms with van der Waals surface area (Å²) in [5.41, 5.74) is 4.87. The summed E-state index contributed by atoms with van der Waals surface area (Å²) >= 11 is 0. The molecule has 40 heavy (non-hydrogen) atoms. The summed E-state index contributed by atoms with van der Waals surface area (Å²) in [5.74, 6) is 0.913. The highest BCUT2D eigenvalue weighted by atomic mass is 16.7. The average molecular weight is 540 g/mol. The fourth-order valence-electron chi connectivity index (χ4n) is 5.35. The van der Waals surface area contributed by atoms with Gasteiger partial charge in [-0.05, 0) is 24.1 Å². The van der Waals surface area contributed by atoms with Crippen LogP contribution in [0.1, 0.15) is 43.0 Å². The molecule has 2 N–H and O–H groups in total. The first kappa shape index (κ1) is 26.3. The van der Waals surface area contributed by atoms with E-state index >= 15 is 0 Å². The van der Waals surface area contributed by atoms with Gasteiger partial charge in [0.15, 0.2) is 5.65 Å². The van der Waals surface area contributed by atoms with Crippen molar-refractivity contribution in [3.63, 3.8) is 0 Å². The van der Waals surface area contributed by atoms with E-state index in [1.54, 1.807) is 6.26 Å². The average Bonchev–Trinajstić information content (AvgIpc) is 3.62. The molecule has 1 fully saturated rings. The Bertz CT molecular complexity index is 1550. The lowest BCUT2D eigenvalue weighted by Crippen LogP contribution is -2.55. The fraction of sp³-hybridized carbons (Fsp3) is 0.312. The van der Waals surface area contributed by atoms with Crippen LogP contribution in [0, 0.1) is 5.92 Å². The van der Waals surface area contributed by atoms with E-state index in [1.807, 2.05) is 85.1 Å². The number of aliphatic hydroxyl groups excluding tert-OH is 2. The van der Waals surface area contributed by atoms with Gasteiger partial charge < -0.3 is 24.1 Å². The van der Waals surface area contributed by atoms with E-state index in [0.717, 1.165) is 28.3 Å². The van der Waals surface area contributed by atoms with Gasteiger partial charge in [0.25, 0.3) is 0 Å². The number of imidazole rings is 1. The van der Waals surface area contributed by atoms with Crippen LogP contribution in [0.2, 0.25) is 0 Å². The molecule has 0 saturated carbocycles. The van der Waals surface area contributed by atoms with Crippen molar-refractivity contribution in [2.24, 2.45) is 5.92 Å². The Morgan fingerprint density at radius 1 is 0.875 bits per heavy atom. The number of aliphatic hydroxyl groups is 2. The van der Waals surface area contributed by atoms with Crippen LogP contribution >= 0.6 is 0 Å². The van der Waals surface area contributed by atoms with Crippen molar-refractivity contribution in [1.29, 1.82) is 0 Å². The van der Waals surface area contributed by atoms with Crippen LogP contribution in [0.15, 0.2) is 89.7 Å². The quantitative estimate of drug-likeness (QED) is 0.285. The minimum atomic E-state index is -1.22. The van der Waals surface area contributed by atoms with Gasteiger partial charge in [0, 0.05) is 24.1 Å². The second-order valence-electron chi connectivity index (χ2n) is 10.3. The van der Waals surface area contributed by atoms with Gasteiger partial charge in [-0.1, -0.05) is 74.5 Å². The number of nitrogens with zero attached hydrogens (tertiary/aromatic N) is 3. The Labute approximate surface area is 232 Å². The highest BCUT2D eigenvalue weighted by Crippen LogP contribution is 2.34. The maximum atomic E-state index is 11.0. The number of ether oxygens (including phenoxy) is 2. The lowest BCUT2D eigenvalue weighted by Gasteiger charge is -2.40. The van der Waals surface area contributed by atoms with Gasteiger partial charge in [-0.3, -0.25) is 4.40 Å². The van der Waals surface area contributed by atoms with E-state index in [4.69, 9.17) is 23.9 Å². The molecule has 8 heteroatoms. The Morgan fingerprint density at radius 2 is 1.62 bits per heavy atom. The molecule has 1 aliphatic heterocycles. The van der Waals surface area contributed by atoms with Crippen molar-refractivity contribution < 1.29 is 24.1 Å². The monoisotopic (exact) mass is 539 g/mol. The van der Waals surface area contributed by atoms with Crippen LogP contribution in [0.4, 0.5) is 0 Å². The largest absolute Gasteiger partial charge is 0.469 e. The number of fused-ring (bicyclic) bond motifs is 1. The van der Waals surface area contributed by atoms with Crippen LogP contribution in [0.25, 0.3) is 16.9 Å². The highest BCUT2D eigenvalue weighted by molar-refractivity contribution is 5.63. The smallest absolute Gasteiger partial charge is 0.230 e. The van der Waals surface area contributed by atoms with E-state index in [9.17, 15) is 10.2 Å². The van der Waals surface area contributed by atoms with Crippen LogP contribution in [-0.4, -0.2) is 49.2 Å². The Balaban J connectivity index is 1.50. The van der Waals surface area contributed by atoms with E-state index in [0.29, 0.717) is 36.5 Å². The molecule has 0 spiro atoms. The second kappa shape index (κ2) is 11.3. The van der Waals surface area contributed by atoms with Crippen LogP contribution in [0.3, 0.4) is 0 Å². The SMILES string of the molecule is CCC1OC(Oc2c(Cc3ccco3)nc3c(Cc4ccccc4)nc(-c4ccccc4)cn23)C(O)C(O)C1C. The first-order valence-corrected chi connectivity index (χ1v) is 13.7. The van der Waals surface area contributed by atoms with Crippen molar-refractivity contribution in [3.05, 3.63) is 108 Å². The van der Waals surface area contributed by atoms with Gasteiger partial charge in [-0.15, -0.1) is 0 Å². The zero-order valence-corrected chi connectivity index (χ0v) is 22.6.